The molecule has 2 rings (SSSR count). The Kier molecular flexibility index (Phi) is 3.24. The van der Waals surface area contributed by atoms with E-state index in [1.807, 2.05) is 19.1 Å². The highest BCUT2D eigenvalue weighted by atomic mass is 16.5. The number of nitrogens with zero attached hydrogens (tertiary/aromatic N) is 1. The number of hydrogen-bond acceptors (Lipinski definition) is 4. The minimum Gasteiger partial charge on any atom is -0.384 e. The Bertz CT molecular complexity index is 392. The van der Waals surface area contributed by atoms with E-state index in [4.69, 9.17) is 10.5 Å². The van der Waals surface area contributed by atoms with Gasteiger partial charge in [0, 0.05) is 18.1 Å². The number of anilines is 2. The molecule has 4 heteroatoms. The monoisotopic (exact) mass is 235 g/mol. The van der Waals surface area contributed by atoms with Crippen LogP contribution in [-0.2, 0) is 4.74 Å². The van der Waals surface area contributed by atoms with E-state index in [-0.39, 0.29) is 5.41 Å². The quantitative estimate of drug-likeness (QED) is 0.840. The first-order valence-corrected chi connectivity index (χ1v) is 6.14. The topological polar surface area (TPSA) is 60.2 Å². The van der Waals surface area contributed by atoms with E-state index in [2.05, 4.69) is 24.1 Å². The maximum absolute atomic E-state index is 5.70. The van der Waals surface area contributed by atoms with E-state index in [1.54, 1.807) is 6.07 Å². The molecule has 1 saturated carbocycles. The van der Waals surface area contributed by atoms with E-state index < -0.39 is 0 Å². The van der Waals surface area contributed by atoms with Gasteiger partial charge in [-0.1, -0.05) is 19.9 Å². The normalized spacial score (nSPS) is 26.3. The summed E-state index contributed by atoms with van der Waals surface area (Å²) in [5, 5.41) is 3.43. The van der Waals surface area contributed by atoms with Crippen molar-refractivity contribution < 1.29 is 4.74 Å². The van der Waals surface area contributed by atoms with Crippen LogP contribution in [-0.4, -0.2) is 23.7 Å². The first-order chi connectivity index (χ1) is 8.04. The molecule has 0 saturated heterocycles. The van der Waals surface area contributed by atoms with Gasteiger partial charge in [0.15, 0.2) is 0 Å². The second kappa shape index (κ2) is 4.53. The molecule has 4 nitrogen and oxygen atoms in total. The molecule has 1 aliphatic rings. The van der Waals surface area contributed by atoms with Crippen molar-refractivity contribution in [2.45, 2.75) is 39.3 Å². The average molecular weight is 235 g/mol. The Hall–Kier alpha value is -1.29. The van der Waals surface area contributed by atoms with Crippen molar-refractivity contribution in [3.63, 3.8) is 0 Å². The summed E-state index contributed by atoms with van der Waals surface area (Å²) in [6.45, 7) is 7.26. The van der Waals surface area contributed by atoms with Crippen LogP contribution >= 0.6 is 0 Å². The fourth-order valence-electron chi connectivity index (χ4n) is 2.32. The predicted octanol–water partition coefficient (Wildman–Crippen LogP) is 2.28. The van der Waals surface area contributed by atoms with Gasteiger partial charge in [-0.3, -0.25) is 0 Å². The molecule has 0 amide bonds. The van der Waals surface area contributed by atoms with Crippen LogP contribution in [0.3, 0.4) is 0 Å². The molecule has 0 radical (unpaired) electrons. The molecule has 1 aromatic rings. The fourth-order valence-corrected chi connectivity index (χ4v) is 2.32. The smallest absolute Gasteiger partial charge is 0.128 e. The highest BCUT2D eigenvalue weighted by Crippen LogP contribution is 2.44. The molecule has 0 bridgehead atoms. The maximum Gasteiger partial charge on any atom is 0.128 e. The summed E-state index contributed by atoms with van der Waals surface area (Å²) in [4.78, 5) is 4.26. The Morgan fingerprint density at radius 1 is 1.53 bits per heavy atom. The maximum atomic E-state index is 5.70. The molecule has 3 N–H and O–H groups in total. The second-order valence-electron chi connectivity index (χ2n) is 5.15. The van der Waals surface area contributed by atoms with Crippen LogP contribution in [0.2, 0.25) is 0 Å². The van der Waals surface area contributed by atoms with Gasteiger partial charge in [-0.2, -0.15) is 0 Å². The van der Waals surface area contributed by atoms with Crippen LogP contribution in [0.25, 0.3) is 0 Å². The van der Waals surface area contributed by atoms with Gasteiger partial charge < -0.3 is 15.8 Å². The predicted molar refractivity (Wildman–Crippen MR) is 69.9 cm³/mol. The zero-order chi connectivity index (χ0) is 12.5. The highest BCUT2D eigenvalue weighted by Gasteiger charge is 2.48. The fraction of sp³-hybridized carbons (Fsp3) is 0.615. The van der Waals surface area contributed by atoms with Crippen LogP contribution in [0.15, 0.2) is 18.2 Å². The molecule has 17 heavy (non-hydrogen) atoms. The Labute approximate surface area is 103 Å². The average Bonchev–Trinajstić information content (AvgIpc) is 2.28. The van der Waals surface area contributed by atoms with E-state index in [1.165, 1.54) is 0 Å². The van der Waals surface area contributed by atoms with Gasteiger partial charge >= 0.3 is 0 Å². The van der Waals surface area contributed by atoms with Crippen LogP contribution < -0.4 is 11.1 Å². The van der Waals surface area contributed by atoms with Crippen molar-refractivity contribution in [3.8, 4) is 0 Å². The number of aromatic nitrogens is 1. The summed E-state index contributed by atoms with van der Waals surface area (Å²) in [6.07, 6.45) is 1.36. The third kappa shape index (κ3) is 2.36. The number of nitrogen functional groups attached to an aromatic ring is 1. The third-order valence-electron chi connectivity index (χ3n) is 3.64. The summed E-state index contributed by atoms with van der Waals surface area (Å²) in [6, 6.07) is 6.05. The minimum atomic E-state index is 0.141. The van der Waals surface area contributed by atoms with E-state index >= 15 is 0 Å². The molecule has 0 aliphatic heterocycles. The molecule has 0 spiro atoms. The molecule has 1 aliphatic carbocycles. The van der Waals surface area contributed by atoms with E-state index in [0.29, 0.717) is 18.0 Å². The summed E-state index contributed by atoms with van der Waals surface area (Å²) < 4.78 is 5.70. The van der Waals surface area contributed by atoms with Gasteiger partial charge in [0.05, 0.1) is 6.10 Å². The van der Waals surface area contributed by atoms with Gasteiger partial charge in [-0.25, -0.2) is 4.98 Å². The Morgan fingerprint density at radius 2 is 2.29 bits per heavy atom. The Balaban J connectivity index is 1.98. The van der Waals surface area contributed by atoms with Crippen molar-refractivity contribution >= 4 is 11.6 Å². The van der Waals surface area contributed by atoms with Crippen LogP contribution in [0, 0.1) is 5.41 Å². The lowest BCUT2D eigenvalue weighted by Crippen LogP contribution is -2.58. The molecule has 2 atom stereocenters. The lowest BCUT2D eigenvalue weighted by molar-refractivity contribution is -0.0976. The highest BCUT2D eigenvalue weighted by molar-refractivity contribution is 5.44. The SMILES string of the molecule is CCOC1CC(Nc2cccc(N)n2)C1(C)C. The van der Waals surface area contributed by atoms with Crippen molar-refractivity contribution in [3.05, 3.63) is 18.2 Å². The van der Waals surface area contributed by atoms with Crippen LogP contribution in [0.5, 0.6) is 0 Å². The lowest BCUT2D eigenvalue weighted by atomic mass is 9.64. The summed E-state index contributed by atoms with van der Waals surface area (Å²) in [5.41, 5.74) is 5.80. The second-order valence-corrected chi connectivity index (χ2v) is 5.15. The number of nitrogens with one attached hydrogen (secondary N) is 1. The first kappa shape index (κ1) is 12.2. The molecular formula is C13H21N3O. The molecule has 1 heterocycles. The van der Waals surface area contributed by atoms with Crippen LogP contribution in [0.4, 0.5) is 11.6 Å². The zero-order valence-corrected chi connectivity index (χ0v) is 10.7. The van der Waals surface area contributed by atoms with Crippen molar-refractivity contribution in [2.75, 3.05) is 17.7 Å². The first-order valence-electron chi connectivity index (χ1n) is 6.14. The number of nitrogens with two attached hydrogens (primary N) is 1. The van der Waals surface area contributed by atoms with Gasteiger partial charge in [-0.15, -0.1) is 0 Å². The number of pyridine rings is 1. The van der Waals surface area contributed by atoms with Gasteiger partial charge in [0.25, 0.3) is 0 Å². The van der Waals surface area contributed by atoms with Crippen molar-refractivity contribution in [2.24, 2.45) is 5.41 Å². The summed E-state index contributed by atoms with van der Waals surface area (Å²) in [5.74, 6) is 1.39. The minimum absolute atomic E-state index is 0.141. The lowest BCUT2D eigenvalue weighted by Gasteiger charge is -2.51. The van der Waals surface area contributed by atoms with Gasteiger partial charge in [0.2, 0.25) is 0 Å². The standard InChI is InChI=1S/C13H21N3O/c1-4-17-10-8-9(13(10,2)3)15-12-7-5-6-11(14)16-12/h5-7,9-10H,4,8H2,1-3H3,(H3,14,15,16). The third-order valence-corrected chi connectivity index (χ3v) is 3.64. The zero-order valence-electron chi connectivity index (χ0n) is 10.7. The summed E-state index contributed by atoms with van der Waals surface area (Å²) in [7, 11) is 0. The van der Waals surface area contributed by atoms with E-state index in [9.17, 15) is 0 Å². The number of ether oxygens (including phenoxy) is 1. The molecule has 1 aromatic heterocycles. The van der Waals surface area contributed by atoms with Gasteiger partial charge in [-0.05, 0) is 25.5 Å². The number of hydrogen-bond donors (Lipinski definition) is 2. The largest absolute Gasteiger partial charge is 0.384 e. The Morgan fingerprint density at radius 3 is 2.88 bits per heavy atom. The number of rotatable bonds is 4. The van der Waals surface area contributed by atoms with E-state index in [0.717, 1.165) is 18.8 Å². The molecular weight excluding hydrogens is 214 g/mol. The molecule has 0 aromatic carbocycles. The van der Waals surface area contributed by atoms with Crippen molar-refractivity contribution in [1.82, 2.24) is 4.98 Å². The van der Waals surface area contributed by atoms with Crippen molar-refractivity contribution in [1.29, 1.82) is 0 Å². The van der Waals surface area contributed by atoms with Gasteiger partial charge in [0.1, 0.15) is 11.6 Å². The molecule has 2 unspecified atom stereocenters. The molecule has 1 fully saturated rings. The van der Waals surface area contributed by atoms with Crippen LogP contribution in [0.1, 0.15) is 27.2 Å². The summed E-state index contributed by atoms with van der Waals surface area (Å²) >= 11 is 0. The molecule has 94 valence electrons.